The zero-order valence-corrected chi connectivity index (χ0v) is 12.6. The number of nitrogens with one attached hydrogen (secondary N) is 2. The van der Waals surface area contributed by atoms with E-state index in [4.69, 9.17) is 28.3 Å². The maximum Gasteiger partial charge on any atom is 0.338 e. The Labute approximate surface area is 130 Å². The van der Waals surface area contributed by atoms with Gasteiger partial charge in [0.15, 0.2) is 0 Å². The molecule has 0 unspecified atom stereocenters. The van der Waals surface area contributed by atoms with Gasteiger partial charge in [-0.3, -0.25) is 0 Å². The summed E-state index contributed by atoms with van der Waals surface area (Å²) in [5, 5.41) is 8.44. The first kappa shape index (κ1) is 15.8. The van der Waals surface area contributed by atoms with E-state index >= 15 is 0 Å². The van der Waals surface area contributed by atoms with Crippen molar-refractivity contribution in [1.82, 2.24) is 14.7 Å². The molecule has 7 nitrogen and oxygen atoms in total. The highest BCUT2D eigenvalue weighted by atomic mass is 35.5. The fraction of sp³-hybridized carbons (Fsp3) is 0.0909. The van der Waals surface area contributed by atoms with Crippen molar-refractivity contribution in [2.75, 3.05) is 0 Å². The van der Waals surface area contributed by atoms with E-state index in [1.807, 2.05) is 0 Å². The molecule has 10 heteroatoms. The van der Waals surface area contributed by atoms with E-state index in [2.05, 4.69) is 14.7 Å². The number of hydrogen-bond donors (Lipinski definition) is 3. The largest absolute Gasteiger partial charge is 0.478 e. The van der Waals surface area contributed by atoms with Crippen LogP contribution in [0, 0.1) is 0 Å². The number of hydrogen-bond acceptors (Lipinski definition) is 4. The number of aromatic nitrogens is 2. The highest BCUT2D eigenvalue weighted by Gasteiger charge is 2.24. The molecule has 0 aliphatic heterocycles. The van der Waals surface area contributed by atoms with Gasteiger partial charge in [0, 0.05) is 11.9 Å². The van der Waals surface area contributed by atoms with Crippen molar-refractivity contribution in [1.29, 1.82) is 0 Å². The van der Waals surface area contributed by atoms with Crippen LogP contribution < -0.4 is 4.72 Å². The summed E-state index contributed by atoms with van der Waals surface area (Å²) >= 11 is 11.6. The third-order valence-electron chi connectivity index (χ3n) is 2.57. The number of carbonyl (C=O) groups is 1. The Bertz CT molecular complexity index is 775. The van der Waals surface area contributed by atoms with Gasteiger partial charge >= 0.3 is 5.97 Å². The van der Waals surface area contributed by atoms with Crippen LogP contribution in [0.1, 0.15) is 16.1 Å². The number of H-pyrrole nitrogens is 1. The van der Waals surface area contributed by atoms with Gasteiger partial charge in [0.05, 0.1) is 28.5 Å². The quantitative estimate of drug-likeness (QED) is 0.762. The van der Waals surface area contributed by atoms with Gasteiger partial charge < -0.3 is 10.1 Å². The van der Waals surface area contributed by atoms with Crippen molar-refractivity contribution in [3.05, 3.63) is 46.0 Å². The molecule has 0 bridgehead atoms. The number of benzene rings is 1. The van der Waals surface area contributed by atoms with E-state index < -0.39 is 26.6 Å². The molecule has 1 aromatic carbocycles. The molecule has 0 aliphatic carbocycles. The lowest BCUT2D eigenvalue weighted by atomic mass is 10.2. The fourth-order valence-corrected chi connectivity index (χ4v) is 3.49. The smallest absolute Gasteiger partial charge is 0.338 e. The predicted molar refractivity (Wildman–Crippen MR) is 76.0 cm³/mol. The first-order valence-electron chi connectivity index (χ1n) is 5.51. The molecule has 0 amide bonds. The second kappa shape index (κ2) is 6.02. The predicted octanol–water partition coefficient (Wildman–Crippen LogP) is 1.89. The number of carboxylic acids is 1. The summed E-state index contributed by atoms with van der Waals surface area (Å²) < 4.78 is 26.6. The van der Waals surface area contributed by atoms with Crippen LogP contribution in [0.4, 0.5) is 0 Å². The Morgan fingerprint density at radius 3 is 2.67 bits per heavy atom. The van der Waals surface area contributed by atoms with Crippen LogP contribution in [0.25, 0.3) is 0 Å². The molecule has 0 radical (unpaired) electrons. The van der Waals surface area contributed by atoms with Gasteiger partial charge in [0.1, 0.15) is 4.90 Å². The lowest BCUT2D eigenvalue weighted by Gasteiger charge is -2.10. The summed E-state index contributed by atoms with van der Waals surface area (Å²) in [6.45, 7) is -0.0380. The monoisotopic (exact) mass is 349 g/mol. The number of rotatable bonds is 5. The normalized spacial score (nSPS) is 11.5. The van der Waals surface area contributed by atoms with Gasteiger partial charge in [-0.1, -0.05) is 23.2 Å². The average molecular weight is 350 g/mol. The SMILES string of the molecule is O=C(O)c1c(Cl)ccc(S(=O)(=O)NCc2cnc[nH]2)c1Cl. The van der Waals surface area contributed by atoms with Crippen molar-refractivity contribution in [2.45, 2.75) is 11.4 Å². The van der Waals surface area contributed by atoms with Crippen LogP contribution in [0.5, 0.6) is 0 Å². The minimum Gasteiger partial charge on any atom is -0.478 e. The number of halogens is 2. The van der Waals surface area contributed by atoms with Gasteiger partial charge in [-0.25, -0.2) is 22.9 Å². The highest BCUT2D eigenvalue weighted by molar-refractivity contribution is 7.89. The molecule has 0 saturated heterocycles. The lowest BCUT2D eigenvalue weighted by Crippen LogP contribution is -2.24. The van der Waals surface area contributed by atoms with Crippen molar-refractivity contribution < 1.29 is 18.3 Å². The van der Waals surface area contributed by atoms with Crippen molar-refractivity contribution in [3.63, 3.8) is 0 Å². The van der Waals surface area contributed by atoms with E-state index in [1.165, 1.54) is 18.6 Å². The molecule has 1 aromatic heterocycles. The maximum absolute atomic E-state index is 12.2. The van der Waals surface area contributed by atoms with E-state index in [1.54, 1.807) is 0 Å². The third kappa shape index (κ3) is 3.35. The Morgan fingerprint density at radius 1 is 1.38 bits per heavy atom. The highest BCUT2D eigenvalue weighted by Crippen LogP contribution is 2.31. The molecule has 2 aromatic rings. The molecule has 3 N–H and O–H groups in total. The number of imidazole rings is 1. The summed E-state index contributed by atoms with van der Waals surface area (Å²) in [5.74, 6) is -1.41. The van der Waals surface area contributed by atoms with E-state index in [0.717, 1.165) is 6.07 Å². The van der Waals surface area contributed by atoms with Crippen LogP contribution in [0.3, 0.4) is 0 Å². The second-order valence-electron chi connectivity index (χ2n) is 3.94. The van der Waals surface area contributed by atoms with Crippen molar-refractivity contribution in [2.24, 2.45) is 0 Å². The summed E-state index contributed by atoms with van der Waals surface area (Å²) in [6.07, 6.45) is 2.86. The molecule has 112 valence electrons. The van der Waals surface area contributed by atoms with Crippen LogP contribution >= 0.6 is 23.2 Å². The second-order valence-corrected chi connectivity index (χ2v) is 6.46. The molecule has 0 atom stereocenters. The van der Waals surface area contributed by atoms with Crippen LogP contribution in [-0.2, 0) is 16.6 Å². The molecule has 0 aliphatic rings. The van der Waals surface area contributed by atoms with E-state index in [0.29, 0.717) is 5.69 Å². The van der Waals surface area contributed by atoms with Crippen LogP contribution in [0.15, 0.2) is 29.6 Å². The first-order valence-corrected chi connectivity index (χ1v) is 7.75. The summed E-state index contributed by atoms with van der Waals surface area (Å²) in [5.41, 5.74) is 0.0878. The Balaban J connectivity index is 2.36. The van der Waals surface area contributed by atoms with Crippen molar-refractivity contribution in [3.8, 4) is 0 Å². The van der Waals surface area contributed by atoms with E-state index in [9.17, 15) is 13.2 Å². The number of nitrogens with zero attached hydrogens (tertiary/aromatic N) is 1. The van der Waals surface area contributed by atoms with Gasteiger partial charge in [-0.2, -0.15) is 0 Å². The summed E-state index contributed by atoms with van der Waals surface area (Å²) in [6, 6.07) is 2.31. The van der Waals surface area contributed by atoms with Gasteiger partial charge in [0.25, 0.3) is 0 Å². The molecule has 2 rings (SSSR count). The number of carboxylic acid groups (broad SMARTS) is 1. The molecule has 0 spiro atoms. The number of aromatic carboxylic acids is 1. The fourth-order valence-electron chi connectivity index (χ4n) is 1.57. The molecule has 21 heavy (non-hydrogen) atoms. The van der Waals surface area contributed by atoms with Gasteiger partial charge in [0.2, 0.25) is 10.0 Å². The molecule has 0 saturated carbocycles. The minimum atomic E-state index is -3.99. The molecular formula is C11H9Cl2N3O4S. The van der Waals surface area contributed by atoms with Crippen molar-refractivity contribution >= 4 is 39.2 Å². The zero-order chi connectivity index (χ0) is 15.6. The third-order valence-corrected chi connectivity index (χ3v) is 4.83. The zero-order valence-electron chi connectivity index (χ0n) is 10.3. The Kier molecular flexibility index (Phi) is 4.52. The minimum absolute atomic E-state index is 0.0380. The van der Waals surface area contributed by atoms with E-state index in [-0.39, 0.29) is 16.5 Å². The molecule has 1 heterocycles. The van der Waals surface area contributed by atoms with Crippen LogP contribution in [0.2, 0.25) is 10.0 Å². The summed E-state index contributed by atoms with van der Waals surface area (Å²) in [7, 11) is -3.99. The Morgan fingerprint density at radius 2 is 2.10 bits per heavy atom. The topological polar surface area (TPSA) is 112 Å². The molecular weight excluding hydrogens is 341 g/mol. The Hall–Kier alpha value is -1.61. The van der Waals surface area contributed by atoms with Gasteiger partial charge in [-0.05, 0) is 12.1 Å². The summed E-state index contributed by atoms with van der Waals surface area (Å²) in [4.78, 5) is 17.2. The number of aromatic amines is 1. The number of sulfonamides is 1. The van der Waals surface area contributed by atoms with Crippen LogP contribution in [-0.4, -0.2) is 29.5 Å². The standard InChI is InChI=1S/C11H9Cl2N3O4S/c12-7-1-2-8(10(13)9(7)11(17)18)21(19,20)16-4-6-3-14-5-15-6/h1-3,5,16H,4H2,(H,14,15)(H,17,18). The maximum atomic E-state index is 12.2. The lowest BCUT2D eigenvalue weighted by molar-refractivity contribution is 0.0697. The average Bonchev–Trinajstić information content (AvgIpc) is 2.88. The first-order chi connectivity index (χ1) is 9.83. The van der Waals surface area contributed by atoms with Gasteiger partial charge in [-0.15, -0.1) is 0 Å². The molecule has 0 fully saturated rings.